The summed E-state index contributed by atoms with van der Waals surface area (Å²) in [6, 6.07) is -0.393. The minimum absolute atomic E-state index is 0.00329. The first-order chi connectivity index (χ1) is 11.1. The number of hydrogen-bond donors (Lipinski definition) is 2. The summed E-state index contributed by atoms with van der Waals surface area (Å²) in [6.07, 6.45) is 6.39. The summed E-state index contributed by atoms with van der Waals surface area (Å²) in [6.45, 7) is 2.66. The lowest BCUT2D eigenvalue weighted by molar-refractivity contribution is -0.136. The first kappa shape index (κ1) is 16.0. The van der Waals surface area contributed by atoms with Crippen molar-refractivity contribution in [3.63, 3.8) is 0 Å². The highest BCUT2D eigenvalue weighted by Crippen LogP contribution is 2.31. The zero-order chi connectivity index (χ0) is 16.4. The van der Waals surface area contributed by atoms with Crippen LogP contribution in [-0.4, -0.2) is 40.1 Å². The third-order valence-electron chi connectivity index (χ3n) is 4.73. The Labute approximate surface area is 135 Å². The minimum atomic E-state index is -0.275. The van der Waals surface area contributed by atoms with Gasteiger partial charge in [0, 0.05) is 38.4 Å². The number of carbonyl (C=O) groups excluding carboxylic acids is 2. The minimum Gasteiger partial charge on any atom is -0.378 e. The number of nitrogens with one attached hydrogen (secondary N) is 2. The van der Waals surface area contributed by atoms with Gasteiger partial charge < -0.3 is 19.9 Å². The number of nitrogens with zero attached hydrogens (tertiary/aromatic N) is 2. The van der Waals surface area contributed by atoms with Crippen LogP contribution in [0.3, 0.4) is 0 Å². The van der Waals surface area contributed by atoms with Crippen molar-refractivity contribution in [1.82, 2.24) is 20.2 Å². The number of ether oxygens (including phenoxy) is 1. The van der Waals surface area contributed by atoms with Crippen LogP contribution in [0.4, 0.5) is 0 Å². The van der Waals surface area contributed by atoms with E-state index in [1.54, 1.807) is 6.20 Å². The Kier molecular flexibility index (Phi) is 4.66. The van der Waals surface area contributed by atoms with Crippen molar-refractivity contribution in [2.75, 3.05) is 6.61 Å². The van der Waals surface area contributed by atoms with E-state index in [-0.39, 0.29) is 35.9 Å². The number of amides is 2. The van der Waals surface area contributed by atoms with Crippen LogP contribution in [0.15, 0.2) is 12.4 Å². The van der Waals surface area contributed by atoms with Gasteiger partial charge in [-0.2, -0.15) is 0 Å². The van der Waals surface area contributed by atoms with Crippen LogP contribution in [0.25, 0.3) is 0 Å². The maximum atomic E-state index is 12.4. The first-order valence-electron chi connectivity index (χ1n) is 8.27. The Bertz CT molecular complexity index is 580. The SMILES string of the molecule is CCOC1CC(C(=O)N[C@@H]2CCC(=O)N[C@H]2c2nccn2C)C1. The second-order valence-corrected chi connectivity index (χ2v) is 6.34. The predicted molar refractivity (Wildman–Crippen MR) is 83.4 cm³/mol. The number of aryl methyl sites for hydroxylation is 1. The lowest BCUT2D eigenvalue weighted by Gasteiger charge is -2.37. The quantitative estimate of drug-likeness (QED) is 0.835. The van der Waals surface area contributed by atoms with Gasteiger partial charge in [-0.15, -0.1) is 0 Å². The predicted octanol–water partition coefficient (Wildman–Crippen LogP) is 0.671. The Morgan fingerprint density at radius 2 is 2.30 bits per heavy atom. The number of rotatable bonds is 5. The van der Waals surface area contributed by atoms with Crippen LogP contribution in [0, 0.1) is 5.92 Å². The van der Waals surface area contributed by atoms with Crippen molar-refractivity contribution in [2.45, 2.75) is 50.8 Å². The Balaban J connectivity index is 1.62. The van der Waals surface area contributed by atoms with Gasteiger partial charge in [0.25, 0.3) is 0 Å². The van der Waals surface area contributed by atoms with E-state index < -0.39 is 0 Å². The molecule has 7 heteroatoms. The molecule has 0 radical (unpaired) electrons. The second kappa shape index (κ2) is 6.70. The molecular formula is C16H24N4O3. The van der Waals surface area contributed by atoms with Gasteiger partial charge in [-0.05, 0) is 26.2 Å². The highest BCUT2D eigenvalue weighted by atomic mass is 16.5. The van der Waals surface area contributed by atoms with E-state index in [9.17, 15) is 9.59 Å². The number of hydrogen-bond acceptors (Lipinski definition) is 4. The molecule has 1 aromatic rings. The molecule has 2 aliphatic rings. The topological polar surface area (TPSA) is 85.2 Å². The summed E-state index contributed by atoms with van der Waals surface area (Å²) < 4.78 is 7.39. The molecule has 0 spiro atoms. The molecule has 1 saturated heterocycles. The van der Waals surface area contributed by atoms with Gasteiger partial charge in [-0.3, -0.25) is 9.59 Å². The molecule has 1 aliphatic heterocycles. The maximum Gasteiger partial charge on any atom is 0.223 e. The number of imidazole rings is 1. The highest BCUT2D eigenvalue weighted by Gasteiger charge is 2.39. The van der Waals surface area contributed by atoms with E-state index in [0.717, 1.165) is 18.7 Å². The average Bonchev–Trinajstić information content (AvgIpc) is 2.90. The van der Waals surface area contributed by atoms with Gasteiger partial charge in [0.2, 0.25) is 11.8 Å². The molecule has 126 valence electrons. The Hall–Kier alpha value is -1.89. The standard InChI is InChI=1S/C16H24N4O3/c1-3-23-11-8-10(9-11)16(22)18-12-4-5-13(21)19-14(12)15-17-6-7-20(15)2/h6-7,10-12,14H,3-5,8-9H2,1-2H3,(H,18,22)(H,19,21)/t10?,11?,12-,14-/m1/s1. The van der Waals surface area contributed by atoms with Gasteiger partial charge in [0.1, 0.15) is 11.9 Å². The summed E-state index contributed by atoms with van der Waals surface area (Å²) in [5, 5.41) is 6.06. The van der Waals surface area contributed by atoms with E-state index in [4.69, 9.17) is 4.74 Å². The van der Waals surface area contributed by atoms with Crippen molar-refractivity contribution < 1.29 is 14.3 Å². The molecule has 2 amide bonds. The third kappa shape index (κ3) is 3.39. The molecule has 3 rings (SSSR count). The van der Waals surface area contributed by atoms with E-state index >= 15 is 0 Å². The van der Waals surface area contributed by atoms with Gasteiger partial charge >= 0.3 is 0 Å². The van der Waals surface area contributed by atoms with Crippen LogP contribution in [0.2, 0.25) is 0 Å². The van der Waals surface area contributed by atoms with Crippen molar-refractivity contribution >= 4 is 11.8 Å². The fourth-order valence-electron chi connectivity index (χ4n) is 3.33. The average molecular weight is 320 g/mol. The van der Waals surface area contributed by atoms with Crippen LogP contribution in [-0.2, 0) is 21.4 Å². The molecule has 1 aromatic heterocycles. The van der Waals surface area contributed by atoms with E-state index in [0.29, 0.717) is 19.4 Å². The molecule has 23 heavy (non-hydrogen) atoms. The van der Waals surface area contributed by atoms with Crippen molar-refractivity contribution in [1.29, 1.82) is 0 Å². The summed E-state index contributed by atoms with van der Waals surface area (Å²) in [5.41, 5.74) is 0. The maximum absolute atomic E-state index is 12.4. The molecule has 1 aliphatic carbocycles. The van der Waals surface area contributed by atoms with E-state index in [1.165, 1.54) is 0 Å². The highest BCUT2D eigenvalue weighted by molar-refractivity contribution is 5.81. The lowest BCUT2D eigenvalue weighted by atomic mass is 9.81. The number of carbonyl (C=O) groups is 2. The monoisotopic (exact) mass is 320 g/mol. The van der Waals surface area contributed by atoms with E-state index in [2.05, 4.69) is 15.6 Å². The second-order valence-electron chi connectivity index (χ2n) is 6.34. The Morgan fingerprint density at radius 3 is 2.96 bits per heavy atom. The van der Waals surface area contributed by atoms with Crippen molar-refractivity contribution in [3.05, 3.63) is 18.2 Å². The molecular weight excluding hydrogens is 296 g/mol. The first-order valence-corrected chi connectivity index (χ1v) is 8.27. The van der Waals surface area contributed by atoms with E-state index in [1.807, 2.05) is 24.7 Å². The molecule has 2 fully saturated rings. The molecule has 0 unspecified atom stereocenters. The lowest BCUT2D eigenvalue weighted by Crippen LogP contribution is -2.53. The molecule has 2 N–H and O–H groups in total. The van der Waals surface area contributed by atoms with Gasteiger partial charge in [-0.1, -0.05) is 0 Å². The zero-order valence-electron chi connectivity index (χ0n) is 13.6. The van der Waals surface area contributed by atoms with Gasteiger partial charge in [-0.25, -0.2) is 4.98 Å². The van der Waals surface area contributed by atoms with Crippen molar-refractivity contribution in [3.8, 4) is 0 Å². The molecule has 0 bridgehead atoms. The largest absolute Gasteiger partial charge is 0.378 e. The molecule has 1 saturated carbocycles. The summed E-state index contributed by atoms with van der Waals surface area (Å²) in [4.78, 5) is 28.5. The molecule has 7 nitrogen and oxygen atoms in total. The van der Waals surface area contributed by atoms with Crippen LogP contribution in [0.1, 0.15) is 44.5 Å². The fourth-order valence-corrected chi connectivity index (χ4v) is 3.33. The van der Waals surface area contributed by atoms with Crippen LogP contribution < -0.4 is 10.6 Å². The van der Waals surface area contributed by atoms with Crippen LogP contribution >= 0.6 is 0 Å². The normalized spacial score (nSPS) is 30.4. The zero-order valence-corrected chi connectivity index (χ0v) is 13.6. The van der Waals surface area contributed by atoms with Crippen LogP contribution in [0.5, 0.6) is 0 Å². The van der Waals surface area contributed by atoms with Gasteiger partial charge in [0.15, 0.2) is 0 Å². The summed E-state index contributed by atoms with van der Waals surface area (Å²) in [7, 11) is 1.89. The number of piperidine rings is 1. The molecule has 2 heterocycles. The molecule has 0 aromatic carbocycles. The third-order valence-corrected chi connectivity index (χ3v) is 4.73. The Morgan fingerprint density at radius 1 is 1.52 bits per heavy atom. The van der Waals surface area contributed by atoms with Crippen molar-refractivity contribution in [2.24, 2.45) is 13.0 Å². The summed E-state index contributed by atoms with van der Waals surface area (Å²) >= 11 is 0. The smallest absolute Gasteiger partial charge is 0.223 e. The fraction of sp³-hybridized carbons (Fsp3) is 0.688. The number of aromatic nitrogens is 2. The summed E-state index contributed by atoms with van der Waals surface area (Å²) in [5.74, 6) is 0.847. The molecule has 2 atom stereocenters. The van der Waals surface area contributed by atoms with Gasteiger partial charge in [0.05, 0.1) is 12.1 Å².